The highest BCUT2D eigenvalue weighted by molar-refractivity contribution is 6.15. The molecular weight excluding hydrogens is 380 g/mol. The highest BCUT2D eigenvalue weighted by Gasteiger charge is 2.28. The summed E-state index contributed by atoms with van der Waals surface area (Å²) in [5.74, 6) is 1.30. The minimum absolute atomic E-state index is 0.0706. The summed E-state index contributed by atoms with van der Waals surface area (Å²) in [4.78, 5) is 15.0. The van der Waals surface area contributed by atoms with Crippen molar-refractivity contribution in [1.29, 1.82) is 0 Å². The van der Waals surface area contributed by atoms with Gasteiger partial charge in [0.2, 0.25) is 5.78 Å². The number of aryl methyl sites for hydroxylation is 1. The molecule has 0 amide bonds. The Morgan fingerprint density at radius 1 is 1.20 bits per heavy atom. The number of aromatic hydroxyl groups is 1. The highest BCUT2D eigenvalue weighted by atomic mass is 16.5. The Labute approximate surface area is 175 Å². The molecule has 1 aromatic heterocycles. The van der Waals surface area contributed by atoms with E-state index in [1.807, 2.05) is 12.1 Å². The zero-order valence-corrected chi connectivity index (χ0v) is 17.7. The smallest absolute Gasteiger partial charge is 0.231 e. The highest BCUT2D eigenvalue weighted by Crippen LogP contribution is 2.37. The van der Waals surface area contributed by atoms with Crippen LogP contribution in [0.1, 0.15) is 28.0 Å². The number of fused-ring (bicyclic) bond motifs is 2. The zero-order chi connectivity index (χ0) is 21.4. The van der Waals surface area contributed by atoms with Gasteiger partial charge in [0.1, 0.15) is 17.2 Å². The van der Waals surface area contributed by atoms with Crippen LogP contribution in [0.4, 0.5) is 0 Å². The van der Waals surface area contributed by atoms with Crippen LogP contribution in [-0.2, 0) is 6.54 Å². The van der Waals surface area contributed by atoms with Gasteiger partial charge in [0.15, 0.2) is 5.76 Å². The first-order valence-electron chi connectivity index (χ1n) is 9.98. The van der Waals surface area contributed by atoms with Gasteiger partial charge in [0.05, 0.1) is 12.7 Å². The molecule has 6 heteroatoms. The van der Waals surface area contributed by atoms with Gasteiger partial charge in [-0.1, -0.05) is 0 Å². The normalized spacial score (nSPS) is 14.6. The summed E-state index contributed by atoms with van der Waals surface area (Å²) in [5, 5.41) is 10.7. The molecule has 4 rings (SSSR count). The Bertz CT molecular complexity index is 1160. The quantitative estimate of drug-likeness (QED) is 0.621. The van der Waals surface area contributed by atoms with E-state index in [1.54, 1.807) is 19.3 Å². The van der Waals surface area contributed by atoms with Crippen molar-refractivity contribution < 1.29 is 19.4 Å². The summed E-state index contributed by atoms with van der Waals surface area (Å²) in [6.45, 7) is 3.93. The number of methoxy groups -OCH3 is 1. The van der Waals surface area contributed by atoms with E-state index < -0.39 is 0 Å². The third-order valence-electron chi connectivity index (χ3n) is 5.50. The summed E-state index contributed by atoms with van der Waals surface area (Å²) in [6.07, 6.45) is 2.82. The van der Waals surface area contributed by atoms with Gasteiger partial charge >= 0.3 is 0 Å². The van der Waals surface area contributed by atoms with Crippen molar-refractivity contribution in [3.8, 4) is 17.2 Å². The van der Waals surface area contributed by atoms with Crippen molar-refractivity contribution in [2.45, 2.75) is 19.9 Å². The Kier molecular flexibility index (Phi) is 5.26. The summed E-state index contributed by atoms with van der Waals surface area (Å²) in [6, 6.07) is 10.6. The van der Waals surface area contributed by atoms with Gasteiger partial charge in [-0.15, -0.1) is 0 Å². The van der Waals surface area contributed by atoms with Crippen LogP contribution >= 0.6 is 0 Å². The molecule has 6 nitrogen and oxygen atoms in total. The number of carbonyl (C=O) groups excluding carboxylic acids is 1. The molecule has 1 aliphatic heterocycles. The number of hydrogen-bond donors (Lipinski definition) is 1. The van der Waals surface area contributed by atoms with E-state index in [0.717, 1.165) is 47.4 Å². The van der Waals surface area contributed by atoms with E-state index in [-0.39, 0.29) is 17.3 Å². The standard InChI is InChI=1S/C24H26N2O4/c1-15-19(14-23-24(28)18-8-6-16(27)12-22(18)30-23)20-13-17(29-4)7-9-21(20)26(15)11-5-10-25(2)3/h6-9,12-14,27H,5,10-11H2,1-4H3. The number of aromatic nitrogens is 1. The number of benzene rings is 2. The Hall–Kier alpha value is -3.25. The Balaban J connectivity index is 1.79. The molecule has 0 saturated heterocycles. The maximum Gasteiger partial charge on any atom is 0.231 e. The lowest BCUT2D eigenvalue weighted by Gasteiger charge is -2.12. The molecule has 156 valence electrons. The molecule has 2 heterocycles. The zero-order valence-electron chi connectivity index (χ0n) is 17.7. The van der Waals surface area contributed by atoms with Crippen LogP contribution in [0.25, 0.3) is 17.0 Å². The fourth-order valence-electron chi connectivity index (χ4n) is 3.94. The summed E-state index contributed by atoms with van der Waals surface area (Å²) in [7, 11) is 5.78. The molecule has 0 bridgehead atoms. The molecule has 3 aromatic rings. The van der Waals surface area contributed by atoms with Crippen LogP contribution in [0.15, 0.2) is 42.2 Å². The SMILES string of the molecule is COc1ccc2c(c1)c(C=C1Oc3cc(O)ccc3C1=O)c(C)n2CCCN(C)C. The molecular formula is C24H26N2O4. The number of hydrogen-bond acceptors (Lipinski definition) is 5. The predicted octanol–water partition coefficient (Wildman–Crippen LogP) is 4.23. The third-order valence-corrected chi connectivity index (χ3v) is 5.50. The van der Waals surface area contributed by atoms with Crippen molar-refractivity contribution in [2.75, 3.05) is 27.7 Å². The molecule has 0 fully saturated rings. The fourth-order valence-corrected chi connectivity index (χ4v) is 3.94. The van der Waals surface area contributed by atoms with Crippen molar-refractivity contribution in [2.24, 2.45) is 0 Å². The van der Waals surface area contributed by atoms with Crippen molar-refractivity contribution in [3.63, 3.8) is 0 Å². The van der Waals surface area contributed by atoms with Gasteiger partial charge in [-0.25, -0.2) is 0 Å². The molecule has 2 aromatic carbocycles. The number of nitrogens with zero attached hydrogens (tertiary/aromatic N) is 2. The molecule has 0 aliphatic carbocycles. The number of ketones is 1. The van der Waals surface area contributed by atoms with E-state index in [0.29, 0.717) is 11.3 Å². The molecule has 0 radical (unpaired) electrons. The number of allylic oxidation sites excluding steroid dienone is 1. The molecule has 0 saturated carbocycles. The first-order valence-corrected chi connectivity index (χ1v) is 9.98. The van der Waals surface area contributed by atoms with E-state index >= 15 is 0 Å². The minimum Gasteiger partial charge on any atom is -0.508 e. The van der Waals surface area contributed by atoms with E-state index in [2.05, 4.69) is 36.6 Å². The first-order chi connectivity index (χ1) is 14.4. The maximum absolute atomic E-state index is 12.8. The molecule has 1 N–H and O–H groups in total. The summed E-state index contributed by atoms with van der Waals surface area (Å²) >= 11 is 0. The van der Waals surface area contributed by atoms with Crippen LogP contribution in [-0.4, -0.2) is 48.1 Å². The fraction of sp³-hybridized carbons (Fsp3) is 0.292. The second-order valence-electron chi connectivity index (χ2n) is 7.81. The number of Topliss-reactive ketones (excluding diaryl/α,β-unsaturated/α-hetero) is 1. The summed E-state index contributed by atoms with van der Waals surface area (Å²) < 4.78 is 13.5. The summed E-state index contributed by atoms with van der Waals surface area (Å²) in [5.41, 5.74) is 3.57. The van der Waals surface area contributed by atoms with Gasteiger partial charge in [-0.05, 0) is 70.4 Å². The van der Waals surface area contributed by atoms with Crippen LogP contribution in [0.3, 0.4) is 0 Å². The molecule has 0 spiro atoms. The second-order valence-corrected chi connectivity index (χ2v) is 7.81. The van der Waals surface area contributed by atoms with Gasteiger partial charge < -0.3 is 24.0 Å². The van der Waals surface area contributed by atoms with Gasteiger partial charge in [0, 0.05) is 34.8 Å². The minimum atomic E-state index is -0.180. The molecule has 30 heavy (non-hydrogen) atoms. The first kappa shape index (κ1) is 20.0. The van der Waals surface area contributed by atoms with Gasteiger partial charge in [0.25, 0.3) is 0 Å². The number of carbonyl (C=O) groups is 1. The average Bonchev–Trinajstić information content (AvgIpc) is 3.16. The van der Waals surface area contributed by atoms with Crippen LogP contribution in [0, 0.1) is 6.92 Å². The van der Waals surface area contributed by atoms with Crippen LogP contribution in [0.5, 0.6) is 17.2 Å². The van der Waals surface area contributed by atoms with Gasteiger partial charge in [-0.2, -0.15) is 0 Å². The number of rotatable bonds is 6. The monoisotopic (exact) mass is 406 g/mol. The predicted molar refractivity (Wildman–Crippen MR) is 117 cm³/mol. The topological polar surface area (TPSA) is 63.9 Å². The van der Waals surface area contributed by atoms with E-state index in [9.17, 15) is 9.90 Å². The van der Waals surface area contributed by atoms with Gasteiger partial charge in [-0.3, -0.25) is 4.79 Å². The largest absolute Gasteiger partial charge is 0.508 e. The molecule has 0 atom stereocenters. The van der Waals surface area contributed by atoms with Crippen molar-refractivity contribution in [1.82, 2.24) is 9.47 Å². The lowest BCUT2D eigenvalue weighted by atomic mass is 10.1. The van der Waals surface area contributed by atoms with Crippen LogP contribution in [0.2, 0.25) is 0 Å². The molecule has 1 aliphatic rings. The lowest BCUT2D eigenvalue weighted by Crippen LogP contribution is -2.15. The van der Waals surface area contributed by atoms with E-state index in [1.165, 1.54) is 12.1 Å². The van der Waals surface area contributed by atoms with Crippen molar-refractivity contribution >= 4 is 22.8 Å². The van der Waals surface area contributed by atoms with Crippen molar-refractivity contribution in [3.05, 3.63) is 59.0 Å². The molecule has 0 unspecified atom stereocenters. The van der Waals surface area contributed by atoms with Crippen LogP contribution < -0.4 is 9.47 Å². The Morgan fingerprint density at radius 2 is 2.00 bits per heavy atom. The number of phenols is 1. The lowest BCUT2D eigenvalue weighted by molar-refractivity contribution is 0.101. The third kappa shape index (κ3) is 3.55. The Morgan fingerprint density at radius 3 is 2.73 bits per heavy atom. The maximum atomic E-state index is 12.8. The van der Waals surface area contributed by atoms with E-state index in [4.69, 9.17) is 9.47 Å². The average molecular weight is 406 g/mol. The number of ether oxygens (including phenoxy) is 2. The number of phenolic OH excluding ortho intramolecular Hbond substituents is 1. The second kappa shape index (κ2) is 7.88.